The Morgan fingerprint density at radius 2 is 1.46 bits per heavy atom. The summed E-state index contributed by atoms with van der Waals surface area (Å²) in [5.41, 5.74) is 0. The van der Waals surface area contributed by atoms with Crippen molar-refractivity contribution in [2.75, 3.05) is 26.2 Å². The van der Waals surface area contributed by atoms with Crippen molar-refractivity contribution < 1.29 is 4.74 Å². The molecule has 2 fully saturated rings. The van der Waals surface area contributed by atoms with Crippen molar-refractivity contribution in [3.8, 4) is 0 Å². The van der Waals surface area contributed by atoms with E-state index in [1.807, 2.05) is 0 Å². The molecule has 0 aliphatic carbocycles. The summed E-state index contributed by atoms with van der Waals surface area (Å²) < 4.78 is 5.27. The summed E-state index contributed by atoms with van der Waals surface area (Å²) in [6, 6.07) is 0. The lowest BCUT2D eigenvalue weighted by molar-refractivity contribution is 0.238. The molecule has 0 aromatic rings. The summed E-state index contributed by atoms with van der Waals surface area (Å²) in [5.74, 6) is 0. The van der Waals surface area contributed by atoms with Crippen LogP contribution in [0.5, 0.6) is 0 Å². The highest BCUT2D eigenvalue weighted by atomic mass is 16.6. The first-order valence-corrected chi connectivity index (χ1v) is 5.79. The SMILES string of the molecule is C1CCCCN(CC2CO2)CCC1. The molecule has 2 aliphatic heterocycles. The maximum atomic E-state index is 5.27. The van der Waals surface area contributed by atoms with E-state index in [1.165, 1.54) is 58.2 Å². The smallest absolute Gasteiger partial charge is 0.0936 e. The van der Waals surface area contributed by atoms with Gasteiger partial charge >= 0.3 is 0 Å². The Kier molecular flexibility index (Phi) is 3.62. The minimum atomic E-state index is 0.584. The second-order valence-electron chi connectivity index (χ2n) is 4.38. The van der Waals surface area contributed by atoms with Crippen LogP contribution in [-0.2, 0) is 4.74 Å². The molecule has 0 amide bonds. The number of epoxide rings is 1. The van der Waals surface area contributed by atoms with Crippen LogP contribution in [0.25, 0.3) is 0 Å². The summed E-state index contributed by atoms with van der Waals surface area (Å²) in [7, 11) is 0. The fraction of sp³-hybridized carbons (Fsp3) is 1.00. The molecule has 2 saturated heterocycles. The number of rotatable bonds is 2. The van der Waals surface area contributed by atoms with Crippen LogP contribution < -0.4 is 0 Å². The Hall–Kier alpha value is -0.0800. The predicted molar refractivity (Wildman–Crippen MR) is 53.9 cm³/mol. The van der Waals surface area contributed by atoms with Crippen molar-refractivity contribution in [3.05, 3.63) is 0 Å². The molecule has 0 saturated carbocycles. The molecular weight excluding hydrogens is 162 g/mol. The van der Waals surface area contributed by atoms with E-state index in [4.69, 9.17) is 4.74 Å². The Bertz CT molecular complexity index is 135. The molecule has 1 unspecified atom stereocenters. The van der Waals surface area contributed by atoms with Gasteiger partial charge in [0.1, 0.15) is 0 Å². The minimum absolute atomic E-state index is 0.584. The van der Waals surface area contributed by atoms with Gasteiger partial charge in [0.05, 0.1) is 12.7 Å². The Balaban J connectivity index is 1.70. The summed E-state index contributed by atoms with van der Waals surface area (Å²) in [6.45, 7) is 4.82. The van der Waals surface area contributed by atoms with E-state index < -0.39 is 0 Å². The van der Waals surface area contributed by atoms with Gasteiger partial charge in [-0.25, -0.2) is 0 Å². The van der Waals surface area contributed by atoms with Gasteiger partial charge in [-0.1, -0.05) is 25.7 Å². The third-order valence-electron chi connectivity index (χ3n) is 3.06. The van der Waals surface area contributed by atoms with Gasteiger partial charge in [0.25, 0.3) is 0 Å². The molecule has 2 heterocycles. The van der Waals surface area contributed by atoms with Gasteiger partial charge in [-0.05, 0) is 25.9 Å². The second-order valence-corrected chi connectivity index (χ2v) is 4.38. The van der Waals surface area contributed by atoms with Crippen LogP contribution >= 0.6 is 0 Å². The molecule has 2 aliphatic rings. The summed E-state index contributed by atoms with van der Waals surface area (Å²) in [5, 5.41) is 0. The molecular formula is C11H21NO. The van der Waals surface area contributed by atoms with Crippen molar-refractivity contribution in [1.29, 1.82) is 0 Å². The van der Waals surface area contributed by atoms with E-state index in [0.717, 1.165) is 6.61 Å². The normalized spacial score (nSPS) is 31.8. The maximum Gasteiger partial charge on any atom is 0.0936 e. The van der Waals surface area contributed by atoms with E-state index in [0.29, 0.717) is 6.10 Å². The molecule has 2 heteroatoms. The van der Waals surface area contributed by atoms with E-state index in [1.54, 1.807) is 0 Å². The van der Waals surface area contributed by atoms with Gasteiger partial charge in [-0.15, -0.1) is 0 Å². The zero-order chi connectivity index (χ0) is 8.93. The predicted octanol–water partition coefficient (Wildman–Crippen LogP) is 2.04. The Labute approximate surface area is 81.3 Å². The molecule has 13 heavy (non-hydrogen) atoms. The zero-order valence-corrected chi connectivity index (χ0v) is 8.50. The quantitative estimate of drug-likeness (QED) is 0.609. The number of hydrogen-bond donors (Lipinski definition) is 0. The van der Waals surface area contributed by atoms with Gasteiger partial charge in [0.2, 0.25) is 0 Å². The van der Waals surface area contributed by atoms with Crippen molar-refractivity contribution in [1.82, 2.24) is 4.90 Å². The topological polar surface area (TPSA) is 15.8 Å². The lowest BCUT2D eigenvalue weighted by atomic mass is 10.1. The monoisotopic (exact) mass is 183 g/mol. The Morgan fingerprint density at radius 3 is 2.00 bits per heavy atom. The zero-order valence-electron chi connectivity index (χ0n) is 8.50. The van der Waals surface area contributed by atoms with E-state index in [2.05, 4.69) is 4.90 Å². The van der Waals surface area contributed by atoms with Gasteiger partial charge in [0.15, 0.2) is 0 Å². The summed E-state index contributed by atoms with van der Waals surface area (Å²) in [6.07, 6.45) is 9.14. The lowest BCUT2D eigenvalue weighted by Crippen LogP contribution is -2.29. The third kappa shape index (κ3) is 3.65. The molecule has 0 spiro atoms. The molecule has 2 rings (SSSR count). The first-order chi connectivity index (χ1) is 6.45. The van der Waals surface area contributed by atoms with Crippen molar-refractivity contribution in [3.63, 3.8) is 0 Å². The van der Waals surface area contributed by atoms with Crippen LogP contribution in [0.2, 0.25) is 0 Å². The molecule has 0 aromatic carbocycles. The van der Waals surface area contributed by atoms with Crippen LogP contribution in [-0.4, -0.2) is 37.2 Å². The van der Waals surface area contributed by atoms with Crippen molar-refractivity contribution in [2.45, 2.75) is 44.6 Å². The van der Waals surface area contributed by atoms with Gasteiger partial charge < -0.3 is 9.64 Å². The Morgan fingerprint density at radius 1 is 0.923 bits per heavy atom. The number of hydrogen-bond acceptors (Lipinski definition) is 2. The first-order valence-electron chi connectivity index (χ1n) is 5.79. The van der Waals surface area contributed by atoms with Gasteiger partial charge in [-0.3, -0.25) is 0 Å². The molecule has 0 aromatic heterocycles. The lowest BCUT2D eigenvalue weighted by Gasteiger charge is -2.19. The van der Waals surface area contributed by atoms with Crippen LogP contribution in [0.3, 0.4) is 0 Å². The highest BCUT2D eigenvalue weighted by molar-refractivity contribution is 4.75. The maximum absolute atomic E-state index is 5.27. The van der Waals surface area contributed by atoms with E-state index >= 15 is 0 Å². The van der Waals surface area contributed by atoms with Gasteiger partial charge in [0, 0.05) is 6.54 Å². The second kappa shape index (κ2) is 4.97. The van der Waals surface area contributed by atoms with Gasteiger partial charge in [-0.2, -0.15) is 0 Å². The van der Waals surface area contributed by atoms with Crippen molar-refractivity contribution >= 4 is 0 Å². The third-order valence-corrected chi connectivity index (χ3v) is 3.06. The molecule has 0 bridgehead atoms. The average Bonchev–Trinajstić information content (AvgIpc) is 2.89. The van der Waals surface area contributed by atoms with Crippen LogP contribution in [0.4, 0.5) is 0 Å². The van der Waals surface area contributed by atoms with Crippen LogP contribution in [0.15, 0.2) is 0 Å². The van der Waals surface area contributed by atoms with Crippen molar-refractivity contribution in [2.24, 2.45) is 0 Å². The van der Waals surface area contributed by atoms with E-state index in [9.17, 15) is 0 Å². The first kappa shape index (κ1) is 9.47. The van der Waals surface area contributed by atoms with E-state index in [-0.39, 0.29) is 0 Å². The summed E-state index contributed by atoms with van der Waals surface area (Å²) in [4.78, 5) is 2.60. The van der Waals surface area contributed by atoms with Crippen LogP contribution in [0, 0.1) is 0 Å². The fourth-order valence-electron chi connectivity index (χ4n) is 2.13. The molecule has 76 valence electrons. The standard InChI is InChI=1S/C11H21NO/c1-2-4-6-8-12(7-5-3-1)9-11-10-13-11/h11H,1-10H2. The molecule has 2 nitrogen and oxygen atoms in total. The minimum Gasteiger partial charge on any atom is -0.372 e. The summed E-state index contributed by atoms with van der Waals surface area (Å²) >= 11 is 0. The fourth-order valence-corrected chi connectivity index (χ4v) is 2.13. The molecule has 1 atom stereocenters. The number of ether oxygens (including phenoxy) is 1. The molecule has 0 radical (unpaired) electrons. The number of nitrogens with zero attached hydrogens (tertiary/aromatic N) is 1. The van der Waals surface area contributed by atoms with Crippen LogP contribution in [0.1, 0.15) is 38.5 Å². The highest BCUT2D eigenvalue weighted by Crippen LogP contribution is 2.15. The largest absolute Gasteiger partial charge is 0.372 e. The average molecular weight is 183 g/mol. The molecule has 0 N–H and O–H groups in total. The highest BCUT2D eigenvalue weighted by Gasteiger charge is 2.25.